The van der Waals surface area contributed by atoms with Crippen LogP contribution in [0.5, 0.6) is 0 Å². The van der Waals surface area contributed by atoms with E-state index in [0.29, 0.717) is 32.0 Å². The van der Waals surface area contributed by atoms with E-state index in [1.807, 2.05) is 7.05 Å². The molecule has 1 saturated heterocycles. The van der Waals surface area contributed by atoms with Crippen molar-refractivity contribution in [1.82, 2.24) is 9.62 Å². The molecule has 1 aromatic rings. The first-order valence-electron chi connectivity index (χ1n) is 7.03. The lowest BCUT2D eigenvalue weighted by molar-refractivity contribution is -0.137. The molecule has 0 bridgehead atoms. The lowest BCUT2D eigenvalue weighted by Gasteiger charge is -2.31. The van der Waals surface area contributed by atoms with E-state index in [1.165, 1.54) is 16.4 Å². The zero-order chi connectivity index (χ0) is 16.4. The van der Waals surface area contributed by atoms with Gasteiger partial charge in [0.1, 0.15) is 0 Å². The predicted octanol–water partition coefficient (Wildman–Crippen LogP) is 2.64. The Labute approximate surface area is 140 Å². The van der Waals surface area contributed by atoms with Crippen LogP contribution >= 0.6 is 12.4 Å². The van der Waals surface area contributed by atoms with Gasteiger partial charge in [-0.2, -0.15) is 13.2 Å². The highest BCUT2D eigenvalue weighted by Gasteiger charge is 2.32. The van der Waals surface area contributed by atoms with Crippen molar-refractivity contribution in [3.63, 3.8) is 0 Å². The van der Waals surface area contributed by atoms with Crippen LogP contribution in [-0.4, -0.2) is 38.9 Å². The summed E-state index contributed by atoms with van der Waals surface area (Å²) in [4.78, 5) is 0. The van der Waals surface area contributed by atoms with Crippen LogP contribution in [0.25, 0.3) is 0 Å². The second-order valence-corrected chi connectivity index (χ2v) is 7.39. The number of benzene rings is 1. The lowest BCUT2D eigenvalue weighted by Crippen LogP contribution is -2.44. The number of halogens is 4. The maximum Gasteiger partial charge on any atom is 0.416 e. The first-order valence-corrected chi connectivity index (χ1v) is 8.64. The smallest absolute Gasteiger partial charge is 0.317 e. The van der Waals surface area contributed by atoms with Crippen molar-refractivity contribution >= 4 is 22.4 Å². The Morgan fingerprint density at radius 1 is 1.26 bits per heavy atom. The van der Waals surface area contributed by atoms with Crippen LogP contribution in [0.3, 0.4) is 0 Å². The predicted molar refractivity (Wildman–Crippen MR) is 85.0 cm³/mol. The van der Waals surface area contributed by atoms with Crippen LogP contribution in [0.2, 0.25) is 0 Å². The number of hydrogen-bond acceptors (Lipinski definition) is 3. The van der Waals surface area contributed by atoms with Crippen molar-refractivity contribution in [2.45, 2.75) is 30.8 Å². The summed E-state index contributed by atoms with van der Waals surface area (Å²) < 4.78 is 64.0. The Bertz CT molecular complexity index is 615. The third-order valence-electron chi connectivity index (χ3n) is 3.86. The molecule has 1 N–H and O–H groups in total. The normalized spacial score (nSPS) is 17.7. The molecule has 0 aliphatic carbocycles. The molecule has 0 spiro atoms. The van der Waals surface area contributed by atoms with Crippen LogP contribution in [0.4, 0.5) is 13.2 Å². The number of piperidine rings is 1. The molecule has 1 aliphatic heterocycles. The molecule has 2 rings (SSSR count). The number of sulfonamides is 1. The van der Waals surface area contributed by atoms with E-state index in [-0.39, 0.29) is 18.0 Å². The lowest BCUT2D eigenvalue weighted by atomic mass is 10.1. The first kappa shape index (κ1) is 20.2. The van der Waals surface area contributed by atoms with Gasteiger partial charge in [0.05, 0.1) is 11.3 Å². The first-order chi connectivity index (χ1) is 10.2. The van der Waals surface area contributed by atoms with Gasteiger partial charge in [-0.3, -0.25) is 0 Å². The molecular formula is C14H20ClF3N2O2S. The van der Waals surface area contributed by atoms with Crippen LogP contribution in [0, 0.1) is 0 Å². The maximum atomic E-state index is 12.7. The molecule has 0 aromatic heterocycles. The molecule has 1 aliphatic rings. The zero-order valence-corrected chi connectivity index (χ0v) is 14.3. The van der Waals surface area contributed by atoms with Crippen molar-refractivity contribution < 1.29 is 21.6 Å². The Morgan fingerprint density at radius 2 is 1.87 bits per heavy atom. The fourth-order valence-electron chi connectivity index (χ4n) is 2.56. The summed E-state index contributed by atoms with van der Waals surface area (Å²) in [5.41, 5.74) is -0.667. The quantitative estimate of drug-likeness (QED) is 0.884. The highest BCUT2D eigenvalue weighted by Crippen LogP contribution is 2.30. The molecule has 0 saturated carbocycles. The summed E-state index contributed by atoms with van der Waals surface area (Å²) in [5.74, 6) is -0.402. The van der Waals surface area contributed by atoms with Gasteiger partial charge in [-0.05, 0) is 31.5 Å². The number of rotatable bonds is 4. The van der Waals surface area contributed by atoms with Crippen molar-refractivity contribution in [3.8, 4) is 0 Å². The minimum absolute atomic E-state index is 0. The fraction of sp³-hybridized carbons (Fsp3) is 0.571. The average molecular weight is 373 g/mol. The molecule has 0 amide bonds. The summed E-state index contributed by atoms with van der Waals surface area (Å²) in [6.45, 7) is 0.791. The van der Waals surface area contributed by atoms with Crippen LogP contribution in [0.15, 0.2) is 24.3 Å². The highest BCUT2D eigenvalue weighted by atomic mass is 35.5. The van der Waals surface area contributed by atoms with Crippen LogP contribution in [0.1, 0.15) is 24.0 Å². The van der Waals surface area contributed by atoms with Gasteiger partial charge in [0.25, 0.3) is 0 Å². The molecule has 0 unspecified atom stereocenters. The summed E-state index contributed by atoms with van der Waals surface area (Å²) >= 11 is 0. The number of hydrogen-bond donors (Lipinski definition) is 1. The van der Waals surface area contributed by atoms with E-state index in [0.717, 1.165) is 12.1 Å². The minimum atomic E-state index is -4.47. The Morgan fingerprint density at radius 3 is 2.39 bits per heavy atom. The highest BCUT2D eigenvalue weighted by molar-refractivity contribution is 7.88. The molecular weight excluding hydrogens is 353 g/mol. The maximum absolute atomic E-state index is 12.7. The number of nitrogens with one attached hydrogen (secondary N) is 1. The van der Waals surface area contributed by atoms with E-state index in [4.69, 9.17) is 0 Å². The average Bonchev–Trinajstić information content (AvgIpc) is 2.46. The number of nitrogens with zero attached hydrogens (tertiary/aromatic N) is 1. The molecule has 0 radical (unpaired) electrons. The van der Waals surface area contributed by atoms with Crippen molar-refractivity contribution in [1.29, 1.82) is 0 Å². The molecule has 132 valence electrons. The molecule has 9 heteroatoms. The molecule has 4 nitrogen and oxygen atoms in total. The molecule has 1 heterocycles. The van der Waals surface area contributed by atoms with Crippen molar-refractivity contribution in [2.75, 3.05) is 20.1 Å². The van der Waals surface area contributed by atoms with E-state index in [2.05, 4.69) is 5.32 Å². The van der Waals surface area contributed by atoms with Gasteiger partial charge in [0.2, 0.25) is 10.0 Å². The van der Waals surface area contributed by atoms with Crippen LogP contribution < -0.4 is 5.32 Å². The second kappa shape index (κ2) is 7.83. The van der Waals surface area contributed by atoms with Crippen LogP contribution in [-0.2, 0) is 22.0 Å². The van der Waals surface area contributed by atoms with Gasteiger partial charge < -0.3 is 5.32 Å². The Hall–Kier alpha value is -0.830. The van der Waals surface area contributed by atoms with E-state index in [1.54, 1.807) is 0 Å². The van der Waals surface area contributed by atoms with Gasteiger partial charge in [0, 0.05) is 19.1 Å². The monoisotopic (exact) mass is 372 g/mol. The van der Waals surface area contributed by atoms with E-state index >= 15 is 0 Å². The van der Waals surface area contributed by atoms with Crippen molar-refractivity contribution in [2.24, 2.45) is 0 Å². The van der Waals surface area contributed by atoms with Gasteiger partial charge >= 0.3 is 6.18 Å². The van der Waals surface area contributed by atoms with Gasteiger partial charge in [-0.15, -0.1) is 12.4 Å². The molecule has 0 atom stereocenters. The summed E-state index contributed by atoms with van der Waals surface area (Å²) in [6.07, 6.45) is -3.05. The van der Waals surface area contributed by atoms with Gasteiger partial charge in [0.15, 0.2) is 0 Å². The molecule has 1 aromatic carbocycles. The van der Waals surface area contributed by atoms with Gasteiger partial charge in [-0.25, -0.2) is 12.7 Å². The topological polar surface area (TPSA) is 49.4 Å². The largest absolute Gasteiger partial charge is 0.416 e. The SMILES string of the molecule is CNC1CCN(S(=O)(=O)Cc2cccc(C(F)(F)F)c2)CC1.Cl. The molecule has 23 heavy (non-hydrogen) atoms. The minimum Gasteiger partial charge on any atom is -0.317 e. The second-order valence-electron chi connectivity index (χ2n) is 5.42. The summed E-state index contributed by atoms with van der Waals surface area (Å²) in [7, 11) is -1.76. The van der Waals surface area contributed by atoms with E-state index in [9.17, 15) is 21.6 Å². The Kier molecular flexibility index (Phi) is 6.88. The summed E-state index contributed by atoms with van der Waals surface area (Å²) in [6, 6.07) is 4.78. The zero-order valence-electron chi connectivity index (χ0n) is 12.6. The van der Waals surface area contributed by atoms with Gasteiger partial charge in [-0.1, -0.05) is 18.2 Å². The molecule has 1 fully saturated rings. The Balaban J connectivity index is 0.00000264. The summed E-state index contributed by atoms with van der Waals surface area (Å²) in [5, 5.41) is 3.10. The fourth-order valence-corrected chi connectivity index (χ4v) is 4.11. The number of alkyl halides is 3. The third-order valence-corrected chi connectivity index (χ3v) is 5.71. The van der Waals surface area contributed by atoms with Crippen molar-refractivity contribution in [3.05, 3.63) is 35.4 Å². The standard InChI is InChI=1S/C14H19F3N2O2S.ClH/c1-18-13-5-7-19(8-6-13)22(20,21)10-11-3-2-4-12(9-11)14(15,16)17;/h2-4,9,13,18H,5-8,10H2,1H3;1H. The third kappa shape index (κ3) is 5.34. The van der Waals surface area contributed by atoms with E-state index < -0.39 is 27.5 Å².